The van der Waals surface area contributed by atoms with E-state index >= 15 is 0 Å². The standard InChI is InChI=1S/C8H8ClN3S/c1-13-3-2-7-11-5-6(4-10)8(9)12-7/h5H,2-3H2,1H3. The van der Waals surface area contributed by atoms with E-state index in [1.54, 1.807) is 11.8 Å². The number of nitrogens with zero attached hydrogens (tertiary/aromatic N) is 3. The lowest BCUT2D eigenvalue weighted by atomic mass is 10.3. The quantitative estimate of drug-likeness (QED) is 0.720. The van der Waals surface area contributed by atoms with Crippen LogP contribution in [0, 0.1) is 11.3 Å². The first-order chi connectivity index (χ1) is 6.27. The van der Waals surface area contributed by atoms with Gasteiger partial charge in [0.1, 0.15) is 17.5 Å². The third-order valence-corrected chi connectivity index (χ3v) is 2.34. The molecule has 5 heteroatoms. The zero-order chi connectivity index (χ0) is 9.68. The van der Waals surface area contributed by atoms with Gasteiger partial charge in [-0.25, -0.2) is 9.97 Å². The Morgan fingerprint density at radius 3 is 3.00 bits per heavy atom. The molecule has 0 spiro atoms. The molecule has 0 aliphatic heterocycles. The highest BCUT2D eigenvalue weighted by atomic mass is 35.5. The van der Waals surface area contributed by atoms with Crippen molar-refractivity contribution >= 4 is 23.4 Å². The Labute approximate surface area is 86.1 Å². The molecule has 0 bridgehead atoms. The predicted octanol–water partition coefficient (Wildman–Crippen LogP) is 1.91. The lowest BCUT2D eigenvalue weighted by molar-refractivity contribution is 0.944. The summed E-state index contributed by atoms with van der Waals surface area (Å²) in [5, 5.41) is 8.81. The monoisotopic (exact) mass is 213 g/mol. The van der Waals surface area contributed by atoms with E-state index in [0.717, 1.165) is 12.2 Å². The van der Waals surface area contributed by atoms with Gasteiger partial charge in [-0.05, 0) is 6.26 Å². The highest BCUT2D eigenvalue weighted by molar-refractivity contribution is 7.98. The Morgan fingerprint density at radius 2 is 2.46 bits per heavy atom. The minimum Gasteiger partial charge on any atom is -0.240 e. The van der Waals surface area contributed by atoms with E-state index in [0.29, 0.717) is 11.4 Å². The zero-order valence-corrected chi connectivity index (χ0v) is 8.69. The Bertz CT molecular complexity index is 335. The summed E-state index contributed by atoms with van der Waals surface area (Å²) in [6.07, 6.45) is 4.27. The predicted molar refractivity (Wildman–Crippen MR) is 53.8 cm³/mol. The van der Waals surface area contributed by atoms with Crippen LogP contribution in [-0.4, -0.2) is 22.0 Å². The topological polar surface area (TPSA) is 49.6 Å². The normalized spacial score (nSPS) is 9.62. The molecule has 68 valence electrons. The van der Waals surface area contributed by atoms with Crippen molar-refractivity contribution in [1.29, 1.82) is 5.26 Å². The highest BCUT2D eigenvalue weighted by Crippen LogP contribution is 2.11. The van der Waals surface area contributed by atoms with Gasteiger partial charge in [0.25, 0.3) is 0 Å². The molecule has 0 atom stereocenters. The molecule has 0 radical (unpaired) electrons. The van der Waals surface area contributed by atoms with Gasteiger partial charge < -0.3 is 0 Å². The van der Waals surface area contributed by atoms with Crippen molar-refractivity contribution in [3.8, 4) is 6.07 Å². The van der Waals surface area contributed by atoms with Gasteiger partial charge in [-0.1, -0.05) is 11.6 Å². The average molecular weight is 214 g/mol. The molecule has 1 aromatic heterocycles. The maximum Gasteiger partial charge on any atom is 0.150 e. The smallest absolute Gasteiger partial charge is 0.150 e. The van der Waals surface area contributed by atoms with Crippen LogP contribution in [0.1, 0.15) is 11.4 Å². The van der Waals surface area contributed by atoms with E-state index in [1.807, 2.05) is 12.3 Å². The molecule has 0 saturated carbocycles. The van der Waals surface area contributed by atoms with Crippen LogP contribution in [-0.2, 0) is 6.42 Å². The molecule has 0 unspecified atom stereocenters. The summed E-state index contributed by atoms with van der Waals surface area (Å²) in [6.45, 7) is 0. The van der Waals surface area contributed by atoms with E-state index in [4.69, 9.17) is 16.9 Å². The van der Waals surface area contributed by atoms with Crippen LogP contribution in [0.5, 0.6) is 0 Å². The minimum absolute atomic E-state index is 0.244. The van der Waals surface area contributed by atoms with Crippen LogP contribution in [0.4, 0.5) is 0 Å². The van der Waals surface area contributed by atoms with Crippen LogP contribution >= 0.6 is 23.4 Å². The van der Waals surface area contributed by atoms with Gasteiger partial charge in [-0.15, -0.1) is 0 Å². The molecule has 0 aliphatic carbocycles. The van der Waals surface area contributed by atoms with Crippen LogP contribution in [0.3, 0.4) is 0 Å². The summed E-state index contributed by atoms with van der Waals surface area (Å²) < 4.78 is 0. The minimum atomic E-state index is 0.244. The molecule has 0 aromatic carbocycles. The molecule has 0 N–H and O–H groups in total. The Kier molecular flexibility index (Phi) is 4.00. The lowest BCUT2D eigenvalue weighted by Gasteiger charge is -1.98. The average Bonchev–Trinajstić information content (AvgIpc) is 2.15. The zero-order valence-electron chi connectivity index (χ0n) is 7.12. The third-order valence-electron chi connectivity index (χ3n) is 1.44. The number of rotatable bonds is 3. The Morgan fingerprint density at radius 1 is 1.69 bits per heavy atom. The maximum absolute atomic E-state index is 8.57. The van der Waals surface area contributed by atoms with Crippen LogP contribution in [0.2, 0.25) is 5.15 Å². The first-order valence-corrected chi connectivity index (χ1v) is 5.45. The van der Waals surface area contributed by atoms with Crippen molar-refractivity contribution in [2.45, 2.75) is 6.42 Å². The molecular formula is C8H8ClN3S. The molecule has 1 heterocycles. The fraction of sp³-hybridized carbons (Fsp3) is 0.375. The fourth-order valence-corrected chi connectivity index (χ4v) is 1.36. The van der Waals surface area contributed by atoms with E-state index in [9.17, 15) is 0 Å². The van der Waals surface area contributed by atoms with Crippen LogP contribution in [0.15, 0.2) is 6.20 Å². The molecule has 0 fully saturated rings. The van der Waals surface area contributed by atoms with Gasteiger partial charge in [0.2, 0.25) is 0 Å². The van der Waals surface area contributed by atoms with Crippen molar-refractivity contribution in [3.05, 3.63) is 22.7 Å². The number of thioether (sulfide) groups is 1. The second-order valence-corrected chi connectivity index (χ2v) is 3.69. The number of aromatic nitrogens is 2. The molecule has 0 saturated heterocycles. The van der Waals surface area contributed by atoms with Gasteiger partial charge >= 0.3 is 0 Å². The molecule has 3 nitrogen and oxygen atoms in total. The number of hydrogen-bond acceptors (Lipinski definition) is 4. The fourth-order valence-electron chi connectivity index (χ4n) is 0.784. The molecule has 1 rings (SSSR count). The number of aryl methyl sites for hydroxylation is 1. The van der Waals surface area contributed by atoms with Gasteiger partial charge in [0.15, 0.2) is 5.15 Å². The van der Waals surface area contributed by atoms with E-state index in [2.05, 4.69) is 9.97 Å². The number of halogens is 1. The van der Waals surface area contributed by atoms with Crippen LogP contribution in [0.25, 0.3) is 0 Å². The van der Waals surface area contributed by atoms with E-state index in [-0.39, 0.29) is 5.15 Å². The maximum atomic E-state index is 8.57. The summed E-state index contributed by atoms with van der Waals surface area (Å²) in [6, 6.07) is 1.92. The summed E-state index contributed by atoms with van der Waals surface area (Å²) in [7, 11) is 0. The van der Waals surface area contributed by atoms with Crippen LogP contribution < -0.4 is 0 Å². The molecule has 1 aromatic rings. The van der Waals surface area contributed by atoms with E-state index < -0.39 is 0 Å². The Balaban J connectivity index is 2.79. The van der Waals surface area contributed by atoms with Crippen molar-refractivity contribution in [1.82, 2.24) is 9.97 Å². The van der Waals surface area contributed by atoms with Crippen molar-refractivity contribution < 1.29 is 0 Å². The SMILES string of the molecule is CSCCc1ncc(C#N)c(Cl)n1. The van der Waals surface area contributed by atoms with Gasteiger partial charge in [0, 0.05) is 18.4 Å². The molecular weight excluding hydrogens is 206 g/mol. The van der Waals surface area contributed by atoms with Gasteiger partial charge in [0.05, 0.1) is 0 Å². The van der Waals surface area contributed by atoms with Gasteiger partial charge in [-0.3, -0.25) is 0 Å². The summed E-state index contributed by atoms with van der Waals surface area (Å²) >= 11 is 7.45. The summed E-state index contributed by atoms with van der Waals surface area (Å²) in [4.78, 5) is 8.02. The highest BCUT2D eigenvalue weighted by Gasteiger charge is 2.03. The first kappa shape index (κ1) is 10.3. The van der Waals surface area contributed by atoms with E-state index in [1.165, 1.54) is 6.20 Å². The summed E-state index contributed by atoms with van der Waals surface area (Å²) in [5.41, 5.74) is 0.328. The third kappa shape index (κ3) is 2.87. The summed E-state index contributed by atoms with van der Waals surface area (Å²) in [5.74, 6) is 1.65. The molecule has 0 amide bonds. The second kappa shape index (κ2) is 5.05. The lowest BCUT2D eigenvalue weighted by Crippen LogP contribution is -1.98. The second-order valence-electron chi connectivity index (χ2n) is 2.35. The molecule has 13 heavy (non-hydrogen) atoms. The van der Waals surface area contributed by atoms with Gasteiger partial charge in [-0.2, -0.15) is 17.0 Å². The number of hydrogen-bond donors (Lipinski definition) is 0. The Hall–Kier alpha value is -0.790. The van der Waals surface area contributed by atoms with Crippen molar-refractivity contribution in [3.63, 3.8) is 0 Å². The van der Waals surface area contributed by atoms with Crippen molar-refractivity contribution in [2.75, 3.05) is 12.0 Å². The molecule has 0 aliphatic rings. The largest absolute Gasteiger partial charge is 0.240 e. The first-order valence-electron chi connectivity index (χ1n) is 3.68. The number of nitriles is 1. The van der Waals surface area contributed by atoms with Crippen molar-refractivity contribution in [2.24, 2.45) is 0 Å².